The third-order valence-corrected chi connectivity index (χ3v) is 5.15. The van der Waals surface area contributed by atoms with Crippen LogP contribution in [0.3, 0.4) is 0 Å². The summed E-state index contributed by atoms with van der Waals surface area (Å²) in [5, 5.41) is 5.88. The van der Waals surface area contributed by atoms with Gasteiger partial charge >= 0.3 is 5.97 Å². The van der Waals surface area contributed by atoms with Crippen molar-refractivity contribution in [3.63, 3.8) is 0 Å². The summed E-state index contributed by atoms with van der Waals surface area (Å²) in [6.07, 6.45) is 1.60. The fourth-order valence-electron chi connectivity index (χ4n) is 3.66. The number of H-pyrrole nitrogens is 2. The monoisotopic (exact) mass is 404 g/mol. The summed E-state index contributed by atoms with van der Waals surface area (Å²) in [7, 11) is 1.27. The van der Waals surface area contributed by atoms with Crippen molar-refractivity contribution in [3.05, 3.63) is 104 Å². The fraction of sp³-hybridized carbons (Fsp3) is 0.174. The van der Waals surface area contributed by atoms with Crippen LogP contribution in [0, 0.1) is 0 Å². The van der Waals surface area contributed by atoms with E-state index < -0.39 is 11.9 Å². The van der Waals surface area contributed by atoms with E-state index in [0.29, 0.717) is 28.6 Å². The average molecular weight is 404 g/mol. The quantitative estimate of drug-likeness (QED) is 0.481. The van der Waals surface area contributed by atoms with Crippen molar-refractivity contribution in [2.75, 3.05) is 7.11 Å². The smallest absolute Gasteiger partial charge is 0.306 e. The van der Waals surface area contributed by atoms with Gasteiger partial charge in [-0.3, -0.25) is 19.5 Å². The second-order valence-corrected chi connectivity index (χ2v) is 6.98. The van der Waals surface area contributed by atoms with Gasteiger partial charge in [0.2, 0.25) is 0 Å². The second-order valence-electron chi connectivity index (χ2n) is 6.98. The first-order valence-electron chi connectivity index (χ1n) is 9.49. The van der Waals surface area contributed by atoms with Gasteiger partial charge in [-0.05, 0) is 17.7 Å². The lowest BCUT2D eigenvalue weighted by Gasteiger charge is -2.15. The molecule has 152 valence electrons. The molecule has 7 heteroatoms. The van der Waals surface area contributed by atoms with E-state index in [4.69, 9.17) is 9.15 Å². The molecule has 0 bridgehead atoms. The highest BCUT2D eigenvalue weighted by atomic mass is 16.5. The summed E-state index contributed by atoms with van der Waals surface area (Å²) in [6, 6.07) is 16.5. The number of carbonyl (C=O) groups is 1. The largest absolute Gasteiger partial charge is 0.469 e. The number of hydrogen-bond acceptors (Lipinski definition) is 5. The number of aromatic amines is 2. The van der Waals surface area contributed by atoms with Crippen molar-refractivity contribution < 1.29 is 13.9 Å². The normalized spacial score (nSPS) is 12.0. The third kappa shape index (κ3) is 3.69. The first-order chi connectivity index (χ1) is 14.6. The van der Waals surface area contributed by atoms with Crippen LogP contribution in [0.4, 0.5) is 0 Å². The lowest BCUT2D eigenvalue weighted by atomic mass is 9.87. The van der Waals surface area contributed by atoms with Crippen molar-refractivity contribution in [2.45, 2.75) is 18.8 Å². The number of esters is 1. The Balaban J connectivity index is 1.86. The number of carbonyl (C=O) groups excluding carboxylic acids is 1. The van der Waals surface area contributed by atoms with Crippen LogP contribution in [0.2, 0.25) is 0 Å². The summed E-state index contributed by atoms with van der Waals surface area (Å²) < 4.78 is 10.5. The molecule has 0 aliphatic heterocycles. The Bertz CT molecular complexity index is 1300. The topological polar surface area (TPSA) is 105 Å². The maximum atomic E-state index is 13.2. The van der Waals surface area contributed by atoms with Crippen LogP contribution in [0.15, 0.2) is 74.9 Å². The van der Waals surface area contributed by atoms with E-state index in [9.17, 15) is 14.4 Å². The molecule has 7 nitrogen and oxygen atoms in total. The number of para-hydroxylation sites is 1. The third-order valence-electron chi connectivity index (χ3n) is 5.15. The molecule has 1 atom stereocenters. The van der Waals surface area contributed by atoms with Crippen LogP contribution >= 0.6 is 0 Å². The molecule has 0 amide bonds. The molecule has 0 radical (unpaired) electrons. The Labute approximate surface area is 171 Å². The van der Waals surface area contributed by atoms with Crippen LogP contribution in [-0.2, 0) is 16.0 Å². The summed E-state index contributed by atoms with van der Waals surface area (Å²) in [6.45, 7) is 0. The SMILES string of the molecule is COC(=O)CC(c1c(Cc2ccccc2)[nH][nH]c1=O)c1coc2ccccc2c1=O. The number of hydrogen-bond donors (Lipinski definition) is 2. The van der Waals surface area contributed by atoms with E-state index in [-0.39, 0.29) is 23.0 Å². The standard InChI is InChI=1S/C23H20N2O5/c1-29-20(26)12-16(17-13-30-19-10-6-5-9-15(19)22(17)27)21-18(24-25-23(21)28)11-14-7-3-2-4-8-14/h2-10,13,16H,11-12H2,1H3,(H2,24,25,28). The van der Waals surface area contributed by atoms with Gasteiger partial charge in [0.25, 0.3) is 5.56 Å². The molecule has 0 aliphatic rings. The second kappa shape index (κ2) is 8.24. The highest BCUT2D eigenvalue weighted by Gasteiger charge is 2.29. The van der Waals surface area contributed by atoms with Gasteiger partial charge in [-0.2, -0.15) is 0 Å². The molecule has 2 heterocycles. The summed E-state index contributed by atoms with van der Waals surface area (Å²) in [4.78, 5) is 38.1. The van der Waals surface area contributed by atoms with E-state index in [2.05, 4.69) is 10.2 Å². The van der Waals surface area contributed by atoms with Crippen molar-refractivity contribution in [3.8, 4) is 0 Å². The predicted molar refractivity (Wildman–Crippen MR) is 112 cm³/mol. The number of aromatic nitrogens is 2. The Morgan fingerprint density at radius 2 is 1.77 bits per heavy atom. The Kier molecular flexibility index (Phi) is 5.34. The Morgan fingerprint density at radius 3 is 2.53 bits per heavy atom. The molecule has 0 spiro atoms. The van der Waals surface area contributed by atoms with E-state index in [1.54, 1.807) is 24.3 Å². The van der Waals surface area contributed by atoms with Gasteiger partial charge in [-0.15, -0.1) is 0 Å². The van der Waals surface area contributed by atoms with Crippen molar-refractivity contribution in [1.82, 2.24) is 10.2 Å². The molecule has 1 unspecified atom stereocenters. The Morgan fingerprint density at radius 1 is 1.03 bits per heavy atom. The van der Waals surface area contributed by atoms with E-state index in [1.165, 1.54) is 13.4 Å². The van der Waals surface area contributed by atoms with E-state index in [1.807, 2.05) is 30.3 Å². The number of ether oxygens (including phenoxy) is 1. The summed E-state index contributed by atoms with van der Waals surface area (Å²) in [5.41, 5.74) is 1.92. The first-order valence-corrected chi connectivity index (χ1v) is 9.49. The van der Waals surface area contributed by atoms with Gasteiger partial charge in [-0.1, -0.05) is 42.5 Å². The predicted octanol–water partition coefficient (Wildman–Crippen LogP) is 3.10. The molecule has 0 fully saturated rings. The van der Waals surface area contributed by atoms with Crippen molar-refractivity contribution in [1.29, 1.82) is 0 Å². The molecule has 0 saturated heterocycles. The van der Waals surface area contributed by atoms with Crippen molar-refractivity contribution >= 4 is 16.9 Å². The minimum absolute atomic E-state index is 0.164. The molecular formula is C23H20N2O5. The number of benzene rings is 2. The van der Waals surface area contributed by atoms with Crippen LogP contribution in [0.5, 0.6) is 0 Å². The molecule has 0 aliphatic carbocycles. The molecular weight excluding hydrogens is 384 g/mol. The van der Waals surface area contributed by atoms with Gasteiger partial charge in [0.1, 0.15) is 5.58 Å². The zero-order chi connectivity index (χ0) is 21.1. The average Bonchev–Trinajstić information content (AvgIpc) is 3.13. The van der Waals surface area contributed by atoms with Crippen LogP contribution < -0.4 is 11.0 Å². The zero-order valence-corrected chi connectivity index (χ0v) is 16.3. The minimum Gasteiger partial charge on any atom is -0.469 e. The Hall–Kier alpha value is -3.87. The summed E-state index contributed by atoms with van der Waals surface area (Å²) >= 11 is 0. The van der Waals surface area contributed by atoms with Crippen molar-refractivity contribution in [2.24, 2.45) is 0 Å². The van der Waals surface area contributed by atoms with Crippen LogP contribution in [0.1, 0.15) is 34.7 Å². The maximum Gasteiger partial charge on any atom is 0.306 e. The van der Waals surface area contributed by atoms with Gasteiger partial charge in [-0.25, -0.2) is 0 Å². The van der Waals surface area contributed by atoms with Gasteiger partial charge < -0.3 is 14.3 Å². The molecule has 4 rings (SSSR count). The number of methoxy groups -OCH3 is 1. The highest BCUT2D eigenvalue weighted by molar-refractivity contribution is 5.77. The van der Waals surface area contributed by atoms with Crippen LogP contribution in [0.25, 0.3) is 11.0 Å². The van der Waals surface area contributed by atoms with Crippen LogP contribution in [-0.4, -0.2) is 23.3 Å². The van der Waals surface area contributed by atoms with E-state index >= 15 is 0 Å². The number of fused-ring (bicyclic) bond motifs is 1. The molecule has 30 heavy (non-hydrogen) atoms. The van der Waals surface area contributed by atoms with Gasteiger partial charge in [0.05, 0.1) is 25.2 Å². The molecule has 2 N–H and O–H groups in total. The number of nitrogens with one attached hydrogen (secondary N) is 2. The minimum atomic E-state index is -0.813. The lowest BCUT2D eigenvalue weighted by Crippen LogP contribution is -2.23. The molecule has 2 aromatic heterocycles. The number of rotatable bonds is 6. The fourth-order valence-corrected chi connectivity index (χ4v) is 3.66. The molecule has 0 saturated carbocycles. The first kappa shape index (κ1) is 19.4. The van der Waals surface area contributed by atoms with Gasteiger partial charge in [0.15, 0.2) is 5.43 Å². The zero-order valence-electron chi connectivity index (χ0n) is 16.3. The molecule has 2 aromatic carbocycles. The lowest BCUT2D eigenvalue weighted by molar-refractivity contribution is -0.140. The summed E-state index contributed by atoms with van der Waals surface area (Å²) in [5.74, 6) is -1.34. The maximum absolute atomic E-state index is 13.2. The van der Waals surface area contributed by atoms with E-state index in [0.717, 1.165) is 5.56 Å². The highest BCUT2D eigenvalue weighted by Crippen LogP contribution is 2.28. The van der Waals surface area contributed by atoms with Gasteiger partial charge in [0, 0.05) is 29.2 Å². The molecule has 4 aromatic rings.